The van der Waals surface area contributed by atoms with Crippen molar-refractivity contribution in [2.24, 2.45) is 11.1 Å². The average molecular weight is 535 g/mol. The van der Waals surface area contributed by atoms with Crippen molar-refractivity contribution in [1.29, 1.82) is 0 Å². The van der Waals surface area contributed by atoms with Crippen LogP contribution < -0.4 is 5.73 Å². The van der Waals surface area contributed by atoms with Gasteiger partial charge in [-0.15, -0.1) is 0 Å². The highest BCUT2D eigenvalue weighted by atomic mass is 19.2. The fraction of sp³-hybridized carbons (Fsp3) is 0.429. The van der Waals surface area contributed by atoms with Gasteiger partial charge >= 0.3 is 0 Å². The molecular weight excluding hydrogens is 500 g/mol. The van der Waals surface area contributed by atoms with Crippen molar-refractivity contribution in [3.63, 3.8) is 0 Å². The minimum atomic E-state index is -1.37. The van der Waals surface area contributed by atoms with Crippen LogP contribution in [0.1, 0.15) is 51.5 Å². The maximum absolute atomic E-state index is 14.8. The van der Waals surface area contributed by atoms with Crippen LogP contribution in [-0.4, -0.2) is 50.8 Å². The molecule has 3 aromatic rings. The number of rotatable bonds is 10. The predicted octanol–water partition coefficient (Wildman–Crippen LogP) is 5.00. The standard InChI is InChI=1S/C28H34F4N4O2/c1-17(37)27(38)36(11-10-20(33)14-29)25(28(2,3)4)26-34-23(21-12-19(30)13-22(31)24(21)32)16-35(26)15-18-8-6-5-7-9-18/h5-9,12-13,16-17,20,25,37H,10-11,14-15,33H2,1-4H3/t17-,20-,25-/m0/s1. The molecule has 0 aliphatic heterocycles. The SMILES string of the molecule is C[C@H](O)C(=O)N(CC[C@H](N)CF)[C@@H](c1nc(-c2cc(F)cc(F)c2F)cn1Cc1ccccc1)C(C)(C)C. The summed E-state index contributed by atoms with van der Waals surface area (Å²) in [5.74, 6) is -3.87. The number of benzene rings is 2. The first kappa shape index (κ1) is 29.3. The van der Waals surface area contributed by atoms with Crippen molar-refractivity contribution in [1.82, 2.24) is 14.5 Å². The number of imidazole rings is 1. The second kappa shape index (κ2) is 12.1. The van der Waals surface area contributed by atoms with Crippen molar-refractivity contribution in [2.45, 2.75) is 58.8 Å². The highest BCUT2D eigenvalue weighted by Gasteiger charge is 2.39. The Bertz CT molecular complexity index is 1240. The summed E-state index contributed by atoms with van der Waals surface area (Å²) in [4.78, 5) is 19.2. The van der Waals surface area contributed by atoms with Gasteiger partial charge in [-0.1, -0.05) is 51.1 Å². The number of nitrogens with zero attached hydrogens (tertiary/aromatic N) is 3. The maximum Gasteiger partial charge on any atom is 0.251 e. The third-order valence-electron chi connectivity index (χ3n) is 6.23. The number of hydrogen-bond donors (Lipinski definition) is 2. The number of halogens is 4. The van der Waals surface area contributed by atoms with Gasteiger partial charge in [0.1, 0.15) is 24.4 Å². The summed E-state index contributed by atoms with van der Waals surface area (Å²) >= 11 is 0. The zero-order valence-corrected chi connectivity index (χ0v) is 22.0. The summed E-state index contributed by atoms with van der Waals surface area (Å²) in [5.41, 5.74) is 5.58. The molecule has 0 saturated heterocycles. The van der Waals surface area contributed by atoms with Crippen LogP contribution in [0.25, 0.3) is 11.3 Å². The molecule has 3 N–H and O–H groups in total. The molecule has 38 heavy (non-hydrogen) atoms. The van der Waals surface area contributed by atoms with Gasteiger partial charge in [0.15, 0.2) is 11.6 Å². The summed E-state index contributed by atoms with van der Waals surface area (Å²) < 4.78 is 57.8. The van der Waals surface area contributed by atoms with Crippen LogP contribution in [0.4, 0.5) is 17.6 Å². The van der Waals surface area contributed by atoms with E-state index in [0.717, 1.165) is 11.6 Å². The Morgan fingerprint density at radius 3 is 2.39 bits per heavy atom. The van der Waals surface area contributed by atoms with Gasteiger partial charge in [0, 0.05) is 37.0 Å². The zero-order valence-electron chi connectivity index (χ0n) is 22.0. The van der Waals surface area contributed by atoms with E-state index in [1.54, 1.807) is 4.57 Å². The molecule has 1 aromatic heterocycles. The van der Waals surface area contributed by atoms with Crippen molar-refractivity contribution >= 4 is 5.91 Å². The van der Waals surface area contributed by atoms with Gasteiger partial charge in [-0.05, 0) is 30.4 Å². The second-order valence-corrected chi connectivity index (χ2v) is 10.5. The summed E-state index contributed by atoms with van der Waals surface area (Å²) in [6.07, 6.45) is 0.238. The smallest absolute Gasteiger partial charge is 0.251 e. The highest BCUT2D eigenvalue weighted by molar-refractivity contribution is 5.80. The lowest BCUT2D eigenvalue weighted by Gasteiger charge is -2.41. The number of aromatic nitrogens is 2. The first-order valence-electron chi connectivity index (χ1n) is 12.4. The number of carbonyl (C=O) groups is 1. The van der Waals surface area contributed by atoms with Gasteiger partial charge in [-0.25, -0.2) is 22.5 Å². The number of carbonyl (C=O) groups excluding carboxylic acids is 1. The van der Waals surface area contributed by atoms with Gasteiger partial charge in [-0.2, -0.15) is 0 Å². The molecule has 2 aromatic carbocycles. The lowest BCUT2D eigenvalue weighted by molar-refractivity contribution is -0.145. The lowest BCUT2D eigenvalue weighted by atomic mass is 9.84. The van der Waals surface area contributed by atoms with Crippen molar-refractivity contribution in [3.8, 4) is 11.3 Å². The number of amides is 1. The molecule has 3 rings (SSSR count). The summed E-state index contributed by atoms with van der Waals surface area (Å²) in [6, 6.07) is 8.99. The molecule has 0 bridgehead atoms. The third kappa shape index (κ3) is 6.79. The summed E-state index contributed by atoms with van der Waals surface area (Å²) in [6.45, 7) is 6.41. The van der Waals surface area contributed by atoms with Crippen molar-refractivity contribution in [3.05, 3.63) is 77.5 Å². The van der Waals surface area contributed by atoms with Crippen molar-refractivity contribution in [2.75, 3.05) is 13.2 Å². The minimum Gasteiger partial charge on any atom is -0.384 e. The molecule has 1 amide bonds. The van der Waals surface area contributed by atoms with Gasteiger partial charge in [0.05, 0.1) is 11.7 Å². The fourth-order valence-corrected chi connectivity index (χ4v) is 4.41. The van der Waals surface area contributed by atoms with E-state index in [-0.39, 0.29) is 30.8 Å². The molecule has 1 heterocycles. The van der Waals surface area contributed by atoms with Gasteiger partial charge in [0.25, 0.3) is 5.91 Å². The van der Waals surface area contributed by atoms with Gasteiger partial charge < -0.3 is 20.3 Å². The van der Waals surface area contributed by atoms with E-state index in [2.05, 4.69) is 4.98 Å². The average Bonchev–Trinajstić information content (AvgIpc) is 3.25. The Kier molecular flexibility index (Phi) is 9.32. The molecular formula is C28H34F4N4O2. The van der Waals surface area contributed by atoms with E-state index in [1.165, 1.54) is 18.0 Å². The monoisotopic (exact) mass is 534 g/mol. The lowest BCUT2D eigenvalue weighted by Crippen LogP contribution is -2.47. The van der Waals surface area contributed by atoms with Crippen LogP contribution >= 0.6 is 0 Å². The zero-order chi connectivity index (χ0) is 28.2. The molecule has 3 atom stereocenters. The summed E-state index contributed by atoms with van der Waals surface area (Å²) in [5, 5.41) is 10.2. The molecule has 0 aliphatic carbocycles. The van der Waals surface area contributed by atoms with E-state index >= 15 is 0 Å². The van der Waals surface area contributed by atoms with E-state index in [4.69, 9.17) is 5.73 Å². The number of aliphatic hydroxyl groups is 1. The number of aliphatic hydroxyl groups excluding tert-OH is 1. The second-order valence-electron chi connectivity index (χ2n) is 10.5. The van der Waals surface area contributed by atoms with Crippen LogP contribution in [0.5, 0.6) is 0 Å². The Hall–Kier alpha value is -3.24. The van der Waals surface area contributed by atoms with E-state index in [1.807, 2.05) is 51.1 Å². The van der Waals surface area contributed by atoms with Crippen LogP contribution in [0, 0.1) is 22.9 Å². The maximum atomic E-state index is 14.8. The van der Waals surface area contributed by atoms with Gasteiger partial charge in [0.2, 0.25) is 0 Å². The molecule has 0 fully saturated rings. The largest absolute Gasteiger partial charge is 0.384 e. The normalized spacial score (nSPS) is 14.3. The molecule has 0 spiro atoms. The Labute approximate surface area is 220 Å². The van der Waals surface area contributed by atoms with Gasteiger partial charge in [-0.3, -0.25) is 4.79 Å². The quantitative estimate of drug-likeness (QED) is 0.283. The molecule has 0 saturated carbocycles. The first-order valence-corrected chi connectivity index (χ1v) is 12.4. The van der Waals surface area contributed by atoms with Crippen LogP contribution in [0.15, 0.2) is 48.7 Å². The molecule has 10 heteroatoms. The topological polar surface area (TPSA) is 84.4 Å². The van der Waals surface area contributed by atoms with Crippen molar-refractivity contribution < 1.29 is 27.5 Å². The number of nitrogens with two attached hydrogens (primary N) is 1. The van der Waals surface area contributed by atoms with Crippen LogP contribution in [0.2, 0.25) is 0 Å². The molecule has 0 unspecified atom stereocenters. The number of hydrogen-bond acceptors (Lipinski definition) is 4. The van der Waals surface area contributed by atoms with Crippen LogP contribution in [0.3, 0.4) is 0 Å². The molecule has 206 valence electrons. The van der Waals surface area contributed by atoms with E-state index < -0.39 is 53.6 Å². The van der Waals surface area contributed by atoms with E-state index in [0.29, 0.717) is 11.9 Å². The number of alkyl halides is 1. The Morgan fingerprint density at radius 2 is 1.82 bits per heavy atom. The van der Waals surface area contributed by atoms with E-state index in [9.17, 15) is 27.5 Å². The highest BCUT2D eigenvalue weighted by Crippen LogP contribution is 2.40. The minimum absolute atomic E-state index is 0.0211. The molecule has 0 aliphatic rings. The third-order valence-corrected chi connectivity index (χ3v) is 6.23. The first-order chi connectivity index (χ1) is 17.8. The molecule has 6 nitrogen and oxygen atoms in total. The predicted molar refractivity (Wildman–Crippen MR) is 137 cm³/mol. The summed E-state index contributed by atoms with van der Waals surface area (Å²) in [7, 11) is 0. The molecule has 0 radical (unpaired) electrons. The fourth-order valence-electron chi connectivity index (χ4n) is 4.41. The Morgan fingerprint density at radius 1 is 1.16 bits per heavy atom. The Balaban J connectivity index is 2.24. The van der Waals surface area contributed by atoms with Crippen LogP contribution in [-0.2, 0) is 11.3 Å².